The zero-order chi connectivity index (χ0) is 15.4. The second-order valence-corrected chi connectivity index (χ2v) is 7.08. The van der Waals surface area contributed by atoms with Crippen molar-refractivity contribution in [1.29, 1.82) is 0 Å². The van der Waals surface area contributed by atoms with Crippen LogP contribution in [0.25, 0.3) is 0 Å². The van der Waals surface area contributed by atoms with Crippen LogP contribution in [0.1, 0.15) is 52.9 Å². The van der Waals surface area contributed by atoms with Gasteiger partial charge in [0.15, 0.2) is 0 Å². The molecule has 1 N–H and O–H groups in total. The molecule has 0 bridgehead atoms. The molecule has 1 heterocycles. The summed E-state index contributed by atoms with van der Waals surface area (Å²) in [5.41, 5.74) is 0.412. The van der Waals surface area contributed by atoms with Crippen molar-refractivity contribution in [2.75, 3.05) is 5.32 Å². The van der Waals surface area contributed by atoms with Crippen LogP contribution in [0.2, 0.25) is 5.02 Å². The van der Waals surface area contributed by atoms with Gasteiger partial charge in [0.25, 0.3) is 5.56 Å². The summed E-state index contributed by atoms with van der Waals surface area (Å²) >= 11 is 6.14. The molecule has 0 spiro atoms. The first-order valence-electron chi connectivity index (χ1n) is 7.99. The molecular weight excluding hydrogens is 286 g/mol. The van der Waals surface area contributed by atoms with Crippen LogP contribution in [0, 0.1) is 11.8 Å². The third-order valence-electron chi connectivity index (χ3n) is 3.93. The van der Waals surface area contributed by atoms with Crippen LogP contribution in [-0.4, -0.2) is 15.8 Å². The largest absolute Gasteiger partial charge is 0.377 e. The van der Waals surface area contributed by atoms with Crippen LogP contribution in [0.3, 0.4) is 0 Å². The van der Waals surface area contributed by atoms with Crippen LogP contribution >= 0.6 is 11.6 Å². The molecule has 21 heavy (non-hydrogen) atoms. The Balaban J connectivity index is 1.99. The molecule has 0 amide bonds. The van der Waals surface area contributed by atoms with E-state index in [9.17, 15) is 4.79 Å². The van der Waals surface area contributed by atoms with Crippen LogP contribution in [0.15, 0.2) is 11.0 Å². The smallest absolute Gasteiger partial charge is 0.291 e. The van der Waals surface area contributed by atoms with E-state index < -0.39 is 0 Å². The Bertz CT molecular complexity index is 523. The molecule has 0 aromatic carbocycles. The van der Waals surface area contributed by atoms with Crippen LogP contribution in [0.5, 0.6) is 0 Å². The van der Waals surface area contributed by atoms with Crippen molar-refractivity contribution in [3.8, 4) is 0 Å². The molecule has 1 aromatic heterocycles. The van der Waals surface area contributed by atoms with Crippen molar-refractivity contribution in [3.05, 3.63) is 21.6 Å². The van der Waals surface area contributed by atoms with Crippen molar-refractivity contribution >= 4 is 17.3 Å². The van der Waals surface area contributed by atoms with Crippen LogP contribution in [0.4, 0.5) is 5.69 Å². The fourth-order valence-corrected chi connectivity index (χ4v) is 2.60. The van der Waals surface area contributed by atoms with Crippen molar-refractivity contribution in [3.63, 3.8) is 0 Å². The molecule has 1 aliphatic carbocycles. The number of halogens is 1. The van der Waals surface area contributed by atoms with Gasteiger partial charge in [0.2, 0.25) is 0 Å². The molecule has 1 saturated carbocycles. The van der Waals surface area contributed by atoms with E-state index >= 15 is 0 Å². The topological polar surface area (TPSA) is 46.9 Å². The Labute approximate surface area is 131 Å². The SMILES string of the molecule is CC(C)CCCC(C)Nc1c(Cl)cnn(CC2CC2)c1=O. The molecule has 2 rings (SSSR count). The summed E-state index contributed by atoms with van der Waals surface area (Å²) in [6, 6.07) is 0.241. The summed E-state index contributed by atoms with van der Waals surface area (Å²) in [7, 11) is 0. The van der Waals surface area contributed by atoms with E-state index in [4.69, 9.17) is 11.6 Å². The molecule has 1 fully saturated rings. The molecule has 0 radical (unpaired) electrons. The normalized spacial score (nSPS) is 16.2. The molecule has 5 heteroatoms. The second-order valence-electron chi connectivity index (χ2n) is 6.67. The van der Waals surface area contributed by atoms with E-state index in [0.717, 1.165) is 18.8 Å². The van der Waals surface area contributed by atoms with Gasteiger partial charge in [-0.2, -0.15) is 5.10 Å². The second kappa shape index (κ2) is 7.30. The van der Waals surface area contributed by atoms with Gasteiger partial charge in [-0.3, -0.25) is 4.79 Å². The highest BCUT2D eigenvalue weighted by Crippen LogP contribution is 2.30. The predicted octanol–water partition coefficient (Wildman–Crippen LogP) is 3.93. The third-order valence-corrected chi connectivity index (χ3v) is 4.22. The number of aromatic nitrogens is 2. The summed E-state index contributed by atoms with van der Waals surface area (Å²) in [5, 5.41) is 7.84. The molecule has 1 aromatic rings. The lowest BCUT2D eigenvalue weighted by molar-refractivity contribution is 0.517. The zero-order valence-electron chi connectivity index (χ0n) is 13.2. The summed E-state index contributed by atoms with van der Waals surface area (Å²) in [5.74, 6) is 1.34. The maximum atomic E-state index is 12.4. The third kappa shape index (κ3) is 5.03. The van der Waals surface area contributed by atoms with Gasteiger partial charge >= 0.3 is 0 Å². The zero-order valence-corrected chi connectivity index (χ0v) is 14.0. The van der Waals surface area contributed by atoms with Gasteiger partial charge in [0.05, 0.1) is 11.2 Å². The Hall–Kier alpha value is -1.03. The fourth-order valence-electron chi connectivity index (χ4n) is 2.43. The highest BCUT2D eigenvalue weighted by atomic mass is 35.5. The molecule has 1 unspecified atom stereocenters. The minimum absolute atomic E-state index is 0.0925. The highest BCUT2D eigenvalue weighted by Gasteiger charge is 2.23. The van der Waals surface area contributed by atoms with Crippen molar-refractivity contribution < 1.29 is 0 Å². The predicted molar refractivity (Wildman–Crippen MR) is 88.0 cm³/mol. The first-order chi connectivity index (χ1) is 9.97. The van der Waals surface area contributed by atoms with Gasteiger partial charge in [0, 0.05) is 12.6 Å². The Morgan fingerprint density at radius 3 is 2.71 bits per heavy atom. The van der Waals surface area contributed by atoms with Gasteiger partial charge in [-0.15, -0.1) is 0 Å². The first kappa shape index (κ1) is 16.3. The Kier molecular flexibility index (Phi) is 5.68. The lowest BCUT2D eigenvalue weighted by atomic mass is 10.0. The maximum Gasteiger partial charge on any atom is 0.291 e. The molecule has 1 atom stereocenters. The average Bonchev–Trinajstić information content (AvgIpc) is 3.21. The molecule has 1 aliphatic rings. The lowest BCUT2D eigenvalue weighted by Crippen LogP contribution is -2.29. The van der Waals surface area contributed by atoms with Gasteiger partial charge in [0.1, 0.15) is 5.69 Å². The van der Waals surface area contributed by atoms with E-state index in [1.54, 1.807) is 10.9 Å². The number of nitrogens with zero attached hydrogens (tertiary/aromatic N) is 2. The summed E-state index contributed by atoms with van der Waals surface area (Å²) in [6.07, 6.45) is 7.39. The average molecular weight is 312 g/mol. The fraction of sp³-hybridized carbons (Fsp3) is 0.750. The molecule has 0 aliphatic heterocycles. The maximum absolute atomic E-state index is 12.4. The molecular formula is C16H26ClN3O. The number of rotatable bonds is 8. The van der Waals surface area contributed by atoms with Gasteiger partial charge < -0.3 is 5.32 Å². The van der Waals surface area contributed by atoms with Gasteiger partial charge in [-0.25, -0.2) is 4.68 Å². The number of hydrogen-bond acceptors (Lipinski definition) is 3. The lowest BCUT2D eigenvalue weighted by Gasteiger charge is -2.17. The quantitative estimate of drug-likeness (QED) is 0.791. The van der Waals surface area contributed by atoms with Gasteiger partial charge in [-0.1, -0.05) is 38.3 Å². The van der Waals surface area contributed by atoms with Crippen LogP contribution < -0.4 is 10.9 Å². The van der Waals surface area contributed by atoms with Crippen molar-refractivity contribution in [2.24, 2.45) is 11.8 Å². The number of hydrogen-bond donors (Lipinski definition) is 1. The Morgan fingerprint density at radius 2 is 2.10 bits per heavy atom. The summed E-state index contributed by atoms with van der Waals surface area (Å²) in [6.45, 7) is 7.27. The van der Waals surface area contributed by atoms with E-state index in [0.29, 0.717) is 23.2 Å². The van der Waals surface area contributed by atoms with E-state index in [1.165, 1.54) is 19.3 Å². The highest BCUT2D eigenvalue weighted by molar-refractivity contribution is 6.33. The molecule has 118 valence electrons. The standard InChI is InChI=1S/C16H26ClN3O/c1-11(2)5-4-6-12(3)19-15-14(17)9-18-20(16(15)21)10-13-7-8-13/h9,11-13,19H,4-8,10H2,1-3H3. The van der Waals surface area contributed by atoms with E-state index in [-0.39, 0.29) is 11.6 Å². The first-order valence-corrected chi connectivity index (χ1v) is 8.37. The van der Waals surface area contributed by atoms with Crippen molar-refractivity contribution in [1.82, 2.24) is 9.78 Å². The minimum Gasteiger partial charge on any atom is -0.377 e. The van der Waals surface area contributed by atoms with Gasteiger partial charge in [-0.05, 0) is 38.0 Å². The summed E-state index contributed by atoms with van der Waals surface area (Å²) < 4.78 is 1.55. The molecule has 4 nitrogen and oxygen atoms in total. The minimum atomic E-state index is -0.0925. The monoisotopic (exact) mass is 311 g/mol. The Morgan fingerprint density at radius 1 is 1.38 bits per heavy atom. The van der Waals surface area contributed by atoms with Crippen LogP contribution in [-0.2, 0) is 6.54 Å². The van der Waals surface area contributed by atoms with Crippen molar-refractivity contribution in [2.45, 2.75) is 65.5 Å². The number of anilines is 1. The number of nitrogens with one attached hydrogen (secondary N) is 1. The molecule has 0 saturated heterocycles. The van der Waals surface area contributed by atoms with E-state index in [1.807, 2.05) is 0 Å². The van der Waals surface area contributed by atoms with E-state index in [2.05, 4.69) is 31.2 Å². The summed E-state index contributed by atoms with van der Waals surface area (Å²) in [4.78, 5) is 12.4.